The van der Waals surface area contributed by atoms with Crippen molar-refractivity contribution in [2.45, 2.75) is 11.8 Å². The second-order valence-corrected chi connectivity index (χ2v) is 8.83. The number of benzene rings is 2. The van der Waals surface area contributed by atoms with Crippen molar-refractivity contribution in [3.8, 4) is 17.0 Å². The van der Waals surface area contributed by atoms with Crippen LogP contribution in [0.3, 0.4) is 0 Å². The average Bonchev–Trinajstić information content (AvgIpc) is 3.29. The Morgan fingerprint density at radius 2 is 2.00 bits per heavy atom. The van der Waals surface area contributed by atoms with Gasteiger partial charge in [-0.05, 0) is 42.0 Å². The zero-order valence-electron chi connectivity index (χ0n) is 17.7. The highest BCUT2D eigenvalue weighted by molar-refractivity contribution is 5.88. The molecule has 1 aliphatic carbocycles. The minimum absolute atomic E-state index is 0.156. The Balaban J connectivity index is 1.29. The van der Waals surface area contributed by atoms with Crippen LogP contribution in [0.25, 0.3) is 22.4 Å². The molecule has 1 saturated heterocycles. The SMILES string of the molecule is NC[C@]1(c2ccccc2F)[C@@H]2CCN(c3cnc4c(-c5ccc(O)cc5F)n[nH]c4n3)C[C@@H]21. The van der Waals surface area contributed by atoms with E-state index in [4.69, 9.17) is 5.73 Å². The number of nitrogens with zero attached hydrogens (tertiary/aromatic N) is 4. The van der Waals surface area contributed by atoms with Crippen molar-refractivity contribution in [1.29, 1.82) is 0 Å². The number of halogens is 2. The Bertz CT molecular complexity index is 1370. The average molecular weight is 448 g/mol. The van der Waals surface area contributed by atoms with E-state index in [9.17, 15) is 13.9 Å². The molecule has 4 aromatic rings. The predicted molar refractivity (Wildman–Crippen MR) is 120 cm³/mol. The normalized spacial score (nSPS) is 24.2. The van der Waals surface area contributed by atoms with Crippen molar-refractivity contribution in [3.63, 3.8) is 0 Å². The molecule has 4 N–H and O–H groups in total. The molecule has 2 aromatic carbocycles. The molecule has 168 valence electrons. The van der Waals surface area contributed by atoms with Gasteiger partial charge in [-0.15, -0.1) is 0 Å². The van der Waals surface area contributed by atoms with Gasteiger partial charge in [-0.25, -0.2) is 18.7 Å². The summed E-state index contributed by atoms with van der Waals surface area (Å²) in [5, 5.41) is 16.5. The van der Waals surface area contributed by atoms with Gasteiger partial charge in [0, 0.05) is 36.7 Å². The Morgan fingerprint density at radius 3 is 2.79 bits per heavy atom. The highest BCUT2D eigenvalue weighted by atomic mass is 19.1. The number of nitrogens with one attached hydrogen (secondary N) is 1. The first-order valence-corrected chi connectivity index (χ1v) is 10.9. The lowest BCUT2D eigenvalue weighted by molar-refractivity contribution is 0.469. The van der Waals surface area contributed by atoms with E-state index in [0.717, 1.165) is 19.0 Å². The molecule has 0 spiro atoms. The number of anilines is 1. The van der Waals surface area contributed by atoms with Crippen LogP contribution in [0.1, 0.15) is 12.0 Å². The summed E-state index contributed by atoms with van der Waals surface area (Å²) in [7, 11) is 0. The summed E-state index contributed by atoms with van der Waals surface area (Å²) < 4.78 is 28.9. The number of nitrogens with two attached hydrogens (primary N) is 1. The molecule has 2 aliphatic rings. The molecule has 0 amide bonds. The number of H-pyrrole nitrogens is 1. The maximum Gasteiger partial charge on any atom is 0.177 e. The van der Waals surface area contributed by atoms with Crippen molar-refractivity contribution in [2.75, 3.05) is 24.5 Å². The Hall–Kier alpha value is -3.59. The first-order chi connectivity index (χ1) is 16.0. The third-order valence-electron chi connectivity index (χ3n) is 7.33. The number of aromatic amines is 1. The third kappa shape index (κ3) is 2.92. The summed E-state index contributed by atoms with van der Waals surface area (Å²) in [5.74, 6) is 0.344. The van der Waals surface area contributed by atoms with Crippen molar-refractivity contribution in [1.82, 2.24) is 20.2 Å². The molecule has 3 atom stereocenters. The molecule has 2 fully saturated rings. The standard InChI is InChI=1S/C24H22F2N6O/c25-18-4-2-1-3-16(18)24(12-27)15-7-8-32(11-17(15)24)20-10-28-22-21(30-31-23(22)29-20)14-6-5-13(33)9-19(14)26/h1-6,9-10,15,17,33H,7-8,11-12,27H2,(H,29,30,31)/t15-,17+,24-/m1/s1. The topological polar surface area (TPSA) is 104 Å². The lowest BCUT2D eigenvalue weighted by Crippen LogP contribution is -2.32. The van der Waals surface area contributed by atoms with Gasteiger partial charge < -0.3 is 15.7 Å². The zero-order chi connectivity index (χ0) is 22.7. The molecule has 0 bridgehead atoms. The number of aromatic hydroxyl groups is 1. The van der Waals surface area contributed by atoms with E-state index in [0.29, 0.717) is 47.2 Å². The number of rotatable bonds is 4. The molecule has 2 aromatic heterocycles. The molecule has 3 heterocycles. The number of piperidine rings is 1. The van der Waals surface area contributed by atoms with Crippen molar-refractivity contribution < 1.29 is 13.9 Å². The lowest BCUT2D eigenvalue weighted by atomic mass is 9.91. The molecule has 0 unspecified atom stereocenters. The van der Waals surface area contributed by atoms with Gasteiger partial charge in [-0.1, -0.05) is 18.2 Å². The van der Waals surface area contributed by atoms with Gasteiger partial charge in [0.25, 0.3) is 0 Å². The highest BCUT2D eigenvalue weighted by Gasteiger charge is 2.66. The lowest BCUT2D eigenvalue weighted by Gasteiger charge is -2.26. The second-order valence-electron chi connectivity index (χ2n) is 8.83. The van der Waals surface area contributed by atoms with Gasteiger partial charge >= 0.3 is 0 Å². The number of phenolic OH excluding ortho intramolecular Hbond substituents is 1. The Kier molecular flexibility index (Phi) is 4.38. The fourth-order valence-corrected chi connectivity index (χ4v) is 5.67. The summed E-state index contributed by atoms with van der Waals surface area (Å²) in [4.78, 5) is 11.3. The zero-order valence-corrected chi connectivity index (χ0v) is 17.7. The fourth-order valence-electron chi connectivity index (χ4n) is 5.67. The smallest absolute Gasteiger partial charge is 0.177 e. The number of hydrogen-bond donors (Lipinski definition) is 3. The molecule has 6 rings (SSSR count). The van der Waals surface area contributed by atoms with Gasteiger partial charge in [-0.2, -0.15) is 5.10 Å². The number of hydrogen-bond acceptors (Lipinski definition) is 6. The van der Waals surface area contributed by atoms with Crippen LogP contribution in [-0.2, 0) is 5.41 Å². The van der Waals surface area contributed by atoms with Crippen LogP contribution < -0.4 is 10.6 Å². The van der Waals surface area contributed by atoms with E-state index in [-0.39, 0.29) is 28.5 Å². The van der Waals surface area contributed by atoms with E-state index in [1.807, 2.05) is 12.1 Å². The monoisotopic (exact) mass is 448 g/mol. The molecule has 0 radical (unpaired) electrons. The first-order valence-electron chi connectivity index (χ1n) is 10.9. The maximum atomic E-state index is 14.6. The third-order valence-corrected chi connectivity index (χ3v) is 7.33. The van der Waals surface area contributed by atoms with E-state index >= 15 is 0 Å². The van der Waals surface area contributed by atoms with E-state index in [1.165, 1.54) is 18.2 Å². The van der Waals surface area contributed by atoms with Gasteiger partial charge in [0.15, 0.2) is 5.65 Å². The highest BCUT2D eigenvalue weighted by Crippen LogP contribution is 2.63. The number of phenols is 1. The van der Waals surface area contributed by atoms with Gasteiger partial charge in [0.05, 0.1) is 6.20 Å². The molecule has 1 saturated carbocycles. The molecule has 7 nitrogen and oxygen atoms in total. The van der Waals surface area contributed by atoms with Crippen molar-refractivity contribution in [2.24, 2.45) is 17.6 Å². The van der Waals surface area contributed by atoms with Crippen LogP contribution in [0.4, 0.5) is 14.6 Å². The van der Waals surface area contributed by atoms with Crippen molar-refractivity contribution >= 4 is 17.0 Å². The summed E-state index contributed by atoms with van der Waals surface area (Å²) >= 11 is 0. The molecule has 1 aliphatic heterocycles. The van der Waals surface area contributed by atoms with Crippen LogP contribution in [0.5, 0.6) is 5.75 Å². The van der Waals surface area contributed by atoms with Crippen LogP contribution in [0, 0.1) is 23.5 Å². The summed E-state index contributed by atoms with van der Waals surface area (Å²) in [6.07, 6.45) is 2.55. The van der Waals surface area contributed by atoms with Crippen molar-refractivity contribution in [3.05, 3.63) is 65.9 Å². The van der Waals surface area contributed by atoms with Crippen LogP contribution in [0.2, 0.25) is 0 Å². The Labute approximate surface area is 188 Å². The number of aromatic nitrogens is 4. The Morgan fingerprint density at radius 1 is 1.15 bits per heavy atom. The number of fused-ring (bicyclic) bond motifs is 2. The largest absolute Gasteiger partial charge is 0.508 e. The van der Waals surface area contributed by atoms with E-state index in [2.05, 4.69) is 25.1 Å². The maximum absolute atomic E-state index is 14.6. The van der Waals surface area contributed by atoms with Crippen LogP contribution >= 0.6 is 0 Å². The molecular formula is C24H22F2N6O. The van der Waals surface area contributed by atoms with Crippen LogP contribution in [-0.4, -0.2) is 44.9 Å². The fraction of sp³-hybridized carbons (Fsp3) is 0.292. The molecule has 33 heavy (non-hydrogen) atoms. The molecule has 9 heteroatoms. The van der Waals surface area contributed by atoms with Crippen LogP contribution in [0.15, 0.2) is 48.7 Å². The minimum Gasteiger partial charge on any atom is -0.508 e. The second kappa shape index (κ2) is 7.21. The van der Waals surface area contributed by atoms with E-state index < -0.39 is 5.82 Å². The minimum atomic E-state index is -0.587. The summed E-state index contributed by atoms with van der Waals surface area (Å²) in [5.41, 5.74) is 8.04. The van der Waals surface area contributed by atoms with Gasteiger partial charge in [-0.3, -0.25) is 5.10 Å². The summed E-state index contributed by atoms with van der Waals surface area (Å²) in [6, 6.07) is 10.8. The van der Waals surface area contributed by atoms with Gasteiger partial charge in [0.1, 0.15) is 34.4 Å². The summed E-state index contributed by atoms with van der Waals surface area (Å²) in [6.45, 7) is 1.89. The molecular weight excluding hydrogens is 426 g/mol. The quantitative estimate of drug-likeness (QED) is 0.442. The first kappa shape index (κ1) is 20.0. The predicted octanol–water partition coefficient (Wildman–Crippen LogP) is 3.36. The van der Waals surface area contributed by atoms with E-state index in [1.54, 1.807) is 12.3 Å². The van der Waals surface area contributed by atoms with Gasteiger partial charge in [0.2, 0.25) is 0 Å².